The number of nitrogens with one attached hydrogen (secondary N) is 1. The maximum absolute atomic E-state index is 12.1. The summed E-state index contributed by atoms with van der Waals surface area (Å²) in [6.45, 7) is 8.62. The standard InChI is InChI=1S/C12H22N2O/c1-8-11(15)14(9(2)13-8)10-6-5-7-12(10,3)4/h8-10,13H,5-7H2,1-4H3. The first-order chi connectivity index (χ1) is 6.93. The van der Waals surface area contributed by atoms with Crippen molar-refractivity contribution in [3.05, 3.63) is 0 Å². The zero-order valence-corrected chi connectivity index (χ0v) is 10.2. The highest BCUT2D eigenvalue weighted by Crippen LogP contribution is 2.42. The van der Waals surface area contributed by atoms with Crippen LogP contribution in [0.5, 0.6) is 0 Å². The van der Waals surface area contributed by atoms with Crippen LogP contribution in [-0.4, -0.2) is 29.1 Å². The largest absolute Gasteiger partial charge is 0.323 e. The van der Waals surface area contributed by atoms with Gasteiger partial charge in [0.1, 0.15) is 0 Å². The maximum Gasteiger partial charge on any atom is 0.240 e. The zero-order valence-electron chi connectivity index (χ0n) is 10.2. The van der Waals surface area contributed by atoms with Gasteiger partial charge in [-0.2, -0.15) is 0 Å². The molecule has 2 rings (SSSR count). The van der Waals surface area contributed by atoms with Crippen LogP contribution < -0.4 is 5.32 Å². The highest BCUT2D eigenvalue weighted by molar-refractivity contribution is 5.84. The minimum absolute atomic E-state index is 0.00333. The first-order valence-electron chi connectivity index (χ1n) is 6.02. The quantitative estimate of drug-likeness (QED) is 0.715. The third kappa shape index (κ3) is 1.67. The van der Waals surface area contributed by atoms with Gasteiger partial charge in [-0.1, -0.05) is 20.3 Å². The summed E-state index contributed by atoms with van der Waals surface area (Å²) in [4.78, 5) is 14.1. The lowest BCUT2D eigenvalue weighted by molar-refractivity contribution is -0.133. The molecule has 1 heterocycles. The lowest BCUT2D eigenvalue weighted by atomic mass is 9.86. The van der Waals surface area contributed by atoms with Gasteiger partial charge in [0.15, 0.2) is 0 Å². The fourth-order valence-corrected chi connectivity index (χ4v) is 3.18. The average Bonchev–Trinajstić information content (AvgIpc) is 2.56. The van der Waals surface area contributed by atoms with Crippen molar-refractivity contribution in [2.24, 2.45) is 5.41 Å². The van der Waals surface area contributed by atoms with Crippen LogP contribution in [-0.2, 0) is 4.79 Å². The summed E-state index contributed by atoms with van der Waals surface area (Å²) >= 11 is 0. The molecule has 0 radical (unpaired) electrons. The molecule has 1 amide bonds. The van der Waals surface area contributed by atoms with Crippen molar-refractivity contribution in [3.63, 3.8) is 0 Å². The van der Waals surface area contributed by atoms with Crippen molar-refractivity contribution < 1.29 is 4.79 Å². The molecule has 3 atom stereocenters. The Morgan fingerprint density at radius 1 is 1.40 bits per heavy atom. The number of amides is 1. The minimum atomic E-state index is -0.00333. The molecule has 0 aromatic carbocycles. The van der Waals surface area contributed by atoms with E-state index in [2.05, 4.69) is 31.0 Å². The molecular formula is C12H22N2O. The van der Waals surface area contributed by atoms with Crippen molar-refractivity contribution in [1.82, 2.24) is 10.2 Å². The van der Waals surface area contributed by atoms with Crippen LogP contribution >= 0.6 is 0 Å². The van der Waals surface area contributed by atoms with Gasteiger partial charge in [-0.05, 0) is 32.1 Å². The molecule has 0 aromatic rings. The van der Waals surface area contributed by atoms with E-state index in [9.17, 15) is 4.79 Å². The van der Waals surface area contributed by atoms with Crippen molar-refractivity contribution in [2.75, 3.05) is 0 Å². The predicted octanol–water partition coefficient (Wildman–Crippen LogP) is 1.73. The highest BCUT2D eigenvalue weighted by atomic mass is 16.2. The van der Waals surface area contributed by atoms with E-state index in [1.165, 1.54) is 12.8 Å². The van der Waals surface area contributed by atoms with Gasteiger partial charge in [0.2, 0.25) is 5.91 Å². The number of carbonyl (C=O) groups is 1. The molecule has 2 fully saturated rings. The second-order valence-corrected chi connectivity index (χ2v) is 5.71. The Morgan fingerprint density at radius 3 is 2.47 bits per heavy atom. The highest BCUT2D eigenvalue weighted by Gasteiger charge is 2.46. The van der Waals surface area contributed by atoms with Gasteiger partial charge < -0.3 is 4.90 Å². The van der Waals surface area contributed by atoms with E-state index in [4.69, 9.17) is 0 Å². The van der Waals surface area contributed by atoms with Crippen LogP contribution in [0.4, 0.5) is 0 Å². The van der Waals surface area contributed by atoms with Gasteiger partial charge in [0.25, 0.3) is 0 Å². The van der Waals surface area contributed by atoms with E-state index in [0.717, 1.165) is 6.42 Å². The molecule has 1 aliphatic heterocycles. The summed E-state index contributed by atoms with van der Waals surface area (Å²) in [6.07, 6.45) is 3.86. The Bertz CT molecular complexity index is 275. The van der Waals surface area contributed by atoms with Gasteiger partial charge in [0, 0.05) is 6.04 Å². The van der Waals surface area contributed by atoms with E-state index < -0.39 is 0 Å². The number of carbonyl (C=O) groups excluding carboxylic acids is 1. The molecule has 1 aliphatic carbocycles. The molecule has 2 aliphatic rings. The zero-order chi connectivity index (χ0) is 11.2. The summed E-state index contributed by atoms with van der Waals surface area (Å²) in [5.74, 6) is 0.280. The molecule has 0 bridgehead atoms. The summed E-state index contributed by atoms with van der Waals surface area (Å²) in [5.41, 5.74) is 0.287. The first-order valence-corrected chi connectivity index (χ1v) is 6.02. The van der Waals surface area contributed by atoms with E-state index in [1.54, 1.807) is 0 Å². The molecule has 1 N–H and O–H groups in total. The lowest BCUT2D eigenvalue weighted by Crippen LogP contribution is -2.47. The fourth-order valence-electron chi connectivity index (χ4n) is 3.18. The second-order valence-electron chi connectivity index (χ2n) is 5.71. The van der Waals surface area contributed by atoms with Crippen LogP contribution in [0.2, 0.25) is 0 Å². The van der Waals surface area contributed by atoms with Crippen molar-refractivity contribution in [1.29, 1.82) is 0 Å². The third-order valence-corrected chi connectivity index (χ3v) is 4.07. The van der Waals surface area contributed by atoms with Gasteiger partial charge in [0.05, 0.1) is 12.2 Å². The smallest absolute Gasteiger partial charge is 0.240 e. The summed E-state index contributed by atoms with van der Waals surface area (Å²) < 4.78 is 0. The van der Waals surface area contributed by atoms with E-state index in [-0.39, 0.29) is 23.5 Å². The van der Waals surface area contributed by atoms with Crippen molar-refractivity contribution in [2.45, 2.75) is 65.2 Å². The van der Waals surface area contributed by atoms with Crippen molar-refractivity contribution >= 4 is 5.91 Å². The van der Waals surface area contributed by atoms with Gasteiger partial charge in [-0.15, -0.1) is 0 Å². The minimum Gasteiger partial charge on any atom is -0.323 e. The second kappa shape index (κ2) is 3.48. The Balaban J connectivity index is 2.20. The molecule has 0 spiro atoms. The maximum atomic E-state index is 12.1. The average molecular weight is 210 g/mol. The van der Waals surface area contributed by atoms with Crippen molar-refractivity contribution in [3.8, 4) is 0 Å². The number of hydrogen-bond donors (Lipinski definition) is 1. The molecule has 15 heavy (non-hydrogen) atoms. The summed E-state index contributed by atoms with van der Waals surface area (Å²) in [5, 5.41) is 3.31. The lowest BCUT2D eigenvalue weighted by Gasteiger charge is -2.37. The van der Waals surface area contributed by atoms with E-state index in [0.29, 0.717) is 6.04 Å². The number of rotatable bonds is 1. The van der Waals surface area contributed by atoms with Gasteiger partial charge in [-0.25, -0.2) is 0 Å². The predicted molar refractivity (Wildman–Crippen MR) is 60.3 cm³/mol. The SMILES string of the molecule is CC1NC(C)N(C2CCCC2(C)C)C1=O. The van der Waals surface area contributed by atoms with Crippen LogP contribution in [0.25, 0.3) is 0 Å². The van der Waals surface area contributed by atoms with Crippen LogP contribution in [0.15, 0.2) is 0 Å². The Kier molecular flexibility index (Phi) is 2.53. The normalized spacial score (nSPS) is 40.1. The molecule has 86 valence electrons. The Morgan fingerprint density at radius 2 is 2.07 bits per heavy atom. The topological polar surface area (TPSA) is 32.3 Å². The summed E-state index contributed by atoms with van der Waals surface area (Å²) in [7, 11) is 0. The Hall–Kier alpha value is -0.570. The third-order valence-electron chi connectivity index (χ3n) is 4.07. The van der Waals surface area contributed by atoms with Gasteiger partial charge in [-0.3, -0.25) is 10.1 Å². The van der Waals surface area contributed by atoms with Gasteiger partial charge >= 0.3 is 0 Å². The van der Waals surface area contributed by atoms with E-state index in [1.807, 2.05) is 6.92 Å². The van der Waals surface area contributed by atoms with Crippen LogP contribution in [0.1, 0.15) is 47.0 Å². The van der Waals surface area contributed by atoms with Crippen LogP contribution in [0.3, 0.4) is 0 Å². The molecule has 3 nitrogen and oxygen atoms in total. The molecule has 1 saturated carbocycles. The molecular weight excluding hydrogens is 188 g/mol. The first kappa shape index (κ1) is 10.9. The number of hydrogen-bond acceptors (Lipinski definition) is 2. The summed E-state index contributed by atoms with van der Waals surface area (Å²) in [6, 6.07) is 0.425. The molecule has 0 aromatic heterocycles. The molecule has 3 heteroatoms. The molecule has 1 saturated heterocycles. The number of nitrogens with zero attached hydrogens (tertiary/aromatic N) is 1. The van der Waals surface area contributed by atoms with E-state index >= 15 is 0 Å². The fraction of sp³-hybridized carbons (Fsp3) is 0.917. The monoisotopic (exact) mass is 210 g/mol. The molecule has 3 unspecified atom stereocenters. The van der Waals surface area contributed by atoms with Crippen LogP contribution in [0, 0.1) is 5.41 Å². The Labute approximate surface area is 92.2 Å².